The van der Waals surface area contributed by atoms with Gasteiger partial charge in [-0.05, 0) is 17.7 Å². The van der Waals surface area contributed by atoms with Crippen LogP contribution < -0.4 is 4.74 Å². The molecular formula is C9H12FO2Y-. The van der Waals surface area contributed by atoms with E-state index in [1.165, 1.54) is 19.2 Å². The minimum Gasteiger partial charge on any atom is -0.494 e. The summed E-state index contributed by atoms with van der Waals surface area (Å²) >= 11 is 0. The Morgan fingerprint density at radius 1 is 1.46 bits per heavy atom. The molecule has 1 aromatic rings. The molecule has 71 valence electrons. The third-order valence-corrected chi connectivity index (χ3v) is 1.40. The van der Waals surface area contributed by atoms with Crippen molar-refractivity contribution in [3.8, 4) is 5.75 Å². The Bertz CT molecular complexity index is 253. The molecular weight excluding hydrogens is 248 g/mol. The molecule has 1 rings (SSSR count). The molecule has 0 saturated carbocycles. The van der Waals surface area contributed by atoms with Crippen LogP contribution in [0.15, 0.2) is 18.2 Å². The molecule has 0 saturated heterocycles. The summed E-state index contributed by atoms with van der Waals surface area (Å²) in [6.07, 6.45) is 0. The Morgan fingerprint density at radius 3 is 2.46 bits per heavy atom. The van der Waals surface area contributed by atoms with E-state index >= 15 is 0 Å². The van der Waals surface area contributed by atoms with Crippen LogP contribution >= 0.6 is 0 Å². The van der Waals surface area contributed by atoms with Gasteiger partial charge in [0.1, 0.15) is 0 Å². The van der Waals surface area contributed by atoms with Crippen molar-refractivity contribution in [2.75, 3.05) is 7.11 Å². The van der Waals surface area contributed by atoms with E-state index < -0.39 is 5.82 Å². The van der Waals surface area contributed by atoms with Crippen LogP contribution in [-0.4, -0.2) is 12.2 Å². The average Bonchev–Trinajstić information content (AvgIpc) is 2.04. The van der Waals surface area contributed by atoms with Crippen LogP contribution in [-0.2, 0) is 39.3 Å². The molecule has 1 N–H and O–H groups in total. The van der Waals surface area contributed by atoms with Gasteiger partial charge in [0, 0.05) is 32.7 Å². The molecule has 0 aliphatic carbocycles. The van der Waals surface area contributed by atoms with Gasteiger partial charge in [-0.3, -0.25) is 0 Å². The van der Waals surface area contributed by atoms with Crippen LogP contribution in [0.2, 0.25) is 0 Å². The minimum absolute atomic E-state index is 0. The number of aliphatic hydroxyl groups is 1. The second kappa shape index (κ2) is 7.42. The number of benzene rings is 1. The van der Waals surface area contributed by atoms with Gasteiger partial charge in [-0.1, -0.05) is 6.07 Å². The Hall–Kier alpha value is 0.0139. The molecule has 0 heterocycles. The fourth-order valence-corrected chi connectivity index (χ4v) is 0.808. The molecule has 1 radical (unpaired) electrons. The number of methoxy groups -OCH3 is 1. The fourth-order valence-electron chi connectivity index (χ4n) is 0.808. The summed E-state index contributed by atoms with van der Waals surface area (Å²) in [5, 5.41) is 8.62. The standard InChI is InChI=1S/C8H9FO2.CH3.Y/c1-11-8-3-2-6(5-10)4-7(8)9;;/h2-4,10H,5H2,1H3;1H3;/q;-1;. The van der Waals surface area contributed by atoms with Crippen LogP contribution in [0.3, 0.4) is 0 Å². The predicted octanol–water partition coefficient (Wildman–Crippen LogP) is 1.77. The van der Waals surface area contributed by atoms with Crippen molar-refractivity contribution in [3.63, 3.8) is 0 Å². The summed E-state index contributed by atoms with van der Waals surface area (Å²) in [7, 11) is 1.40. The van der Waals surface area contributed by atoms with Gasteiger partial charge >= 0.3 is 0 Å². The maximum atomic E-state index is 12.8. The number of halogens is 1. The van der Waals surface area contributed by atoms with E-state index in [-0.39, 0.29) is 52.5 Å². The molecule has 2 nitrogen and oxygen atoms in total. The zero-order chi connectivity index (χ0) is 8.27. The molecule has 1 aromatic carbocycles. The first kappa shape index (κ1) is 15.5. The van der Waals surface area contributed by atoms with Gasteiger partial charge in [0.05, 0.1) is 13.7 Å². The molecule has 0 amide bonds. The van der Waals surface area contributed by atoms with E-state index in [0.717, 1.165) is 0 Å². The molecule has 13 heavy (non-hydrogen) atoms. The summed E-state index contributed by atoms with van der Waals surface area (Å²) < 4.78 is 17.5. The quantitative estimate of drug-likeness (QED) is 0.821. The van der Waals surface area contributed by atoms with Crippen LogP contribution in [0.25, 0.3) is 0 Å². The molecule has 0 spiro atoms. The largest absolute Gasteiger partial charge is 0.494 e. The number of aliphatic hydroxyl groups excluding tert-OH is 1. The van der Waals surface area contributed by atoms with Crippen LogP contribution in [0.5, 0.6) is 5.75 Å². The molecule has 0 unspecified atom stereocenters. The van der Waals surface area contributed by atoms with E-state index in [1.54, 1.807) is 6.07 Å². The molecule has 0 aromatic heterocycles. The van der Waals surface area contributed by atoms with Gasteiger partial charge in [-0.25, -0.2) is 4.39 Å². The topological polar surface area (TPSA) is 29.5 Å². The molecule has 0 fully saturated rings. The van der Waals surface area contributed by atoms with Crippen LogP contribution in [0.1, 0.15) is 5.56 Å². The van der Waals surface area contributed by atoms with Gasteiger partial charge in [-0.2, -0.15) is 0 Å². The monoisotopic (exact) mass is 260 g/mol. The first-order valence-corrected chi connectivity index (χ1v) is 3.21. The van der Waals surface area contributed by atoms with E-state index in [0.29, 0.717) is 5.56 Å². The van der Waals surface area contributed by atoms with E-state index in [1.807, 2.05) is 0 Å². The zero-order valence-electron chi connectivity index (χ0n) is 7.75. The number of hydrogen-bond acceptors (Lipinski definition) is 2. The van der Waals surface area contributed by atoms with Gasteiger partial charge < -0.3 is 17.3 Å². The van der Waals surface area contributed by atoms with Gasteiger partial charge in [0.25, 0.3) is 0 Å². The molecule has 4 heteroatoms. The fraction of sp³-hybridized carbons (Fsp3) is 0.222. The van der Waals surface area contributed by atoms with Crippen LogP contribution in [0.4, 0.5) is 4.39 Å². The summed E-state index contributed by atoms with van der Waals surface area (Å²) in [5.41, 5.74) is 0.545. The SMILES string of the molecule is COc1ccc(CO)cc1F.[CH3-].[Y]. The number of rotatable bonds is 2. The van der Waals surface area contributed by atoms with Gasteiger partial charge in [-0.15, -0.1) is 0 Å². The van der Waals surface area contributed by atoms with E-state index in [9.17, 15) is 4.39 Å². The molecule has 0 aliphatic heterocycles. The van der Waals surface area contributed by atoms with Crippen molar-refractivity contribution in [1.82, 2.24) is 0 Å². The minimum atomic E-state index is -0.445. The number of hydrogen-bond donors (Lipinski definition) is 1. The average molecular weight is 260 g/mol. The first-order valence-electron chi connectivity index (χ1n) is 3.21. The molecule has 0 atom stereocenters. The summed E-state index contributed by atoms with van der Waals surface area (Å²) in [4.78, 5) is 0. The summed E-state index contributed by atoms with van der Waals surface area (Å²) in [6, 6.07) is 4.35. The Balaban J connectivity index is 0. The summed E-state index contributed by atoms with van der Waals surface area (Å²) in [6.45, 7) is -0.152. The summed E-state index contributed by atoms with van der Waals surface area (Å²) in [5.74, 6) is -0.249. The van der Waals surface area contributed by atoms with Crippen molar-refractivity contribution < 1.29 is 46.9 Å². The van der Waals surface area contributed by atoms with Crippen molar-refractivity contribution >= 4 is 0 Å². The number of ether oxygens (including phenoxy) is 1. The van der Waals surface area contributed by atoms with Crippen molar-refractivity contribution in [3.05, 3.63) is 37.0 Å². The maximum absolute atomic E-state index is 12.8. The molecule has 0 aliphatic rings. The first-order chi connectivity index (χ1) is 5.27. The Morgan fingerprint density at radius 2 is 2.08 bits per heavy atom. The third kappa shape index (κ3) is 4.16. The van der Waals surface area contributed by atoms with E-state index in [4.69, 9.17) is 5.11 Å². The third-order valence-electron chi connectivity index (χ3n) is 1.40. The zero-order valence-corrected chi connectivity index (χ0v) is 10.6. The van der Waals surface area contributed by atoms with Crippen LogP contribution in [0, 0.1) is 13.2 Å². The predicted molar refractivity (Wildman–Crippen MR) is 45.3 cm³/mol. The van der Waals surface area contributed by atoms with Gasteiger partial charge in [0.15, 0.2) is 11.6 Å². The maximum Gasteiger partial charge on any atom is 0.165 e. The second-order valence-electron chi connectivity index (χ2n) is 2.13. The Labute approximate surface area is 103 Å². The van der Waals surface area contributed by atoms with Gasteiger partial charge in [0.2, 0.25) is 0 Å². The van der Waals surface area contributed by atoms with Crippen molar-refractivity contribution in [1.29, 1.82) is 0 Å². The second-order valence-corrected chi connectivity index (χ2v) is 2.13. The Kier molecular flexibility index (Phi) is 8.84. The van der Waals surface area contributed by atoms with Crippen molar-refractivity contribution in [2.24, 2.45) is 0 Å². The van der Waals surface area contributed by atoms with Crippen molar-refractivity contribution in [2.45, 2.75) is 6.61 Å². The molecule has 0 bridgehead atoms. The normalized spacial score (nSPS) is 8.23. The van der Waals surface area contributed by atoms with E-state index in [2.05, 4.69) is 4.74 Å². The smallest absolute Gasteiger partial charge is 0.165 e.